The fraction of sp³-hybridized carbons (Fsp3) is 0.412. The molecule has 1 aliphatic carbocycles. The van der Waals surface area contributed by atoms with Crippen LogP contribution in [0.4, 0.5) is 5.69 Å². The van der Waals surface area contributed by atoms with E-state index in [1.807, 2.05) is 24.3 Å². The summed E-state index contributed by atoms with van der Waals surface area (Å²) < 4.78 is 0. The summed E-state index contributed by atoms with van der Waals surface area (Å²) in [5.41, 5.74) is 1.89. The molecule has 1 aromatic carbocycles. The van der Waals surface area contributed by atoms with E-state index in [2.05, 4.69) is 16.8 Å². The van der Waals surface area contributed by atoms with Crippen LogP contribution in [0.15, 0.2) is 30.3 Å². The monoisotopic (exact) mass is 284 g/mol. The van der Waals surface area contributed by atoms with E-state index < -0.39 is 5.97 Å². The molecule has 2 aromatic rings. The van der Waals surface area contributed by atoms with Crippen LogP contribution in [0.1, 0.15) is 36.7 Å². The molecule has 0 amide bonds. The van der Waals surface area contributed by atoms with Gasteiger partial charge in [-0.15, -0.1) is 0 Å². The lowest BCUT2D eigenvalue weighted by Gasteiger charge is -2.26. The minimum absolute atomic E-state index is 0.126. The van der Waals surface area contributed by atoms with E-state index >= 15 is 0 Å². The Morgan fingerprint density at radius 3 is 2.81 bits per heavy atom. The summed E-state index contributed by atoms with van der Waals surface area (Å²) in [6, 6.07) is 9.51. The van der Waals surface area contributed by atoms with Gasteiger partial charge in [-0.25, -0.2) is 9.78 Å². The fourth-order valence-corrected chi connectivity index (χ4v) is 2.72. The Morgan fingerprint density at radius 2 is 2.14 bits per heavy atom. The van der Waals surface area contributed by atoms with Crippen molar-refractivity contribution < 1.29 is 9.90 Å². The number of fused-ring (bicyclic) bond motifs is 1. The highest BCUT2D eigenvalue weighted by atomic mass is 16.4. The predicted octanol–water partition coefficient (Wildman–Crippen LogP) is 3.56. The molecular weight excluding hydrogens is 264 g/mol. The third-order valence-corrected chi connectivity index (χ3v) is 3.92. The number of carboxylic acids is 1. The maximum atomic E-state index is 11.3. The number of carbonyl (C=O) groups is 1. The Kier molecular flexibility index (Phi) is 3.78. The Balaban J connectivity index is 2.10. The number of para-hydroxylation sites is 1. The summed E-state index contributed by atoms with van der Waals surface area (Å²) >= 11 is 0. The minimum Gasteiger partial charge on any atom is -0.477 e. The van der Waals surface area contributed by atoms with Gasteiger partial charge in [-0.2, -0.15) is 0 Å². The van der Waals surface area contributed by atoms with Gasteiger partial charge in [-0.05, 0) is 37.3 Å². The van der Waals surface area contributed by atoms with Gasteiger partial charge in [0.25, 0.3) is 0 Å². The van der Waals surface area contributed by atoms with Gasteiger partial charge in [0.2, 0.25) is 0 Å². The molecule has 0 spiro atoms. The Morgan fingerprint density at radius 1 is 1.38 bits per heavy atom. The molecule has 0 atom stereocenters. The Hall–Kier alpha value is -2.10. The van der Waals surface area contributed by atoms with Crippen LogP contribution in [0.5, 0.6) is 0 Å². The number of nitrogens with zero attached hydrogens (tertiary/aromatic N) is 2. The molecule has 21 heavy (non-hydrogen) atoms. The van der Waals surface area contributed by atoms with Crippen molar-refractivity contribution in [2.24, 2.45) is 5.92 Å². The van der Waals surface area contributed by atoms with E-state index in [1.165, 1.54) is 12.8 Å². The summed E-state index contributed by atoms with van der Waals surface area (Å²) in [6.45, 7) is 4.12. The molecule has 1 aliphatic rings. The Labute approximate surface area is 124 Å². The molecule has 0 saturated heterocycles. The molecule has 1 fully saturated rings. The molecule has 0 bridgehead atoms. The lowest BCUT2D eigenvalue weighted by molar-refractivity contribution is 0.0691. The average molecular weight is 284 g/mol. The third-order valence-electron chi connectivity index (χ3n) is 3.92. The fourth-order valence-electron chi connectivity index (χ4n) is 2.72. The summed E-state index contributed by atoms with van der Waals surface area (Å²) in [7, 11) is 0. The quantitative estimate of drug-likeness (QED) is 0.881. The van der Waals surface area contributed by atoms with Gasteiger partial charge in [-0.3, -0.25) is 0 Å². The van der Waals surface area contributed by atoms with Gasteiger partial charge in [0, 0.05) is 24.2 Å². The lowest BCUT2D eigenvalue weighted by Crippen LogP contribution is -2.27. The van der Waals surface area contributed by atoms with E-state index in [4.69, 9.17) is 0 Å². The first-order valence-electron chi connectivity index (χ1n) is 7.57. The standard InChI is InChI=1S/C17H20N2O2/c1-2-9-19(11-12-7-8-12)16-10-15(17(20)21)18-14-6-4-3-5-13(14)16/h3-6,10,12H,2,7-9,11H2,1H3,(H,20,21). The van der Waals surface area contributed by atoms with Gasteiger partial charge in [0.15, 0.2) is 5.69 Å². The van der Waals surface area contributed by atoms with E-state index in [0.29, 0.717) is 0 Å². The van der Waals surface area contributed by atoms with Crippen molar-refractivity contribution in [3.05, 3.63) is 36.0 Å². The first kappa shape index (κ1) is 13.9. The van der Waals surface area contributed by atoms with Crippen molar-refractivity contribution >= 4 is 22.6 Å². The molecule has 4 nitrogen and oxygen atoms in total. The van der Waals surface area contributed by atoms with E-state index in [1.54, 1.807) is 6.07 Å². The molecule has 1 heterocycles. The van der Waals surface area contributed by atoms with E-state index in [-0.39, 0.29) is 5.69 Å². The van der Waals surface area contributed by atoms with Gasteiger partial charge in [0.1, 0.15) is 0 Å². The topological polar surface area (TPSA) is 53.4 Å². The van der Waals surface area contributed by atoms with Gasteiger partial charge >= 0.3 is 5.97 Å². The van der Waals surface area contributed by atoms with Crippen LogP contribution in [-0.2, 0) is 0 Å². The zero-order chi connectivity index (χ0) is 14.8. The van der Waals surface area contributed by atoms with Crippen molar-refractivity contribution in [1.82, 2.24) is 4.98 Å². The van der Waals surface area contributed by atoms with Crippen LogP contribution in [0, 0.1) is 5.92 Å². The number of hydrogen-bond acceptors (Lipinski definition) is 3. The normalized spacial score (nSPS) is 14.3. The SMILES string of the molecule is CCCN(CC1CC1)c1cc(C(=O)O)nc2ccccc12. The van der Waals surface area contributed by atoms with Crippen LogP contribution >= 0.6 is 0 Å². The minimum atomic E-state index is -0.968. The van der Waals surface area contributed by atoms with Gasteiger partial charge in [0.05, 0.1) is 5.52 Å². The molecule has 1 aromatic heterocycles. The number of anilines is 1. The zero-order valence-electron chi connectivity index (χ0n) is 12.2. The van der Waals surface area contributed by atoms with Crippen molar-refractivity contribution in [3.63, 3.8) is 0 Å². The van der Waals surface area contributed by atoms with Gasteiger partial charge < -0.3 is 10.0 Å². The molecule has 0 unspecified atom stereocenters. The van der Waals surface area contributed by atoms with Crippen LogP contribution in [-0.4, -0.2) is 29.1 Å². The number of hydrogen-bond donors (Lipinski definition) is 1. The van der Waals surface area contributed by atoms with Crippen molar-refractivity contribution in [1.29, 1.82) is 0 Å². The summed E-state index contributed by atoms with van der Waals surface area (Å²) in [6.07, 6.45) is 3.62. The van der Waals surface area contributed by atoms with Crippen molar-refractivity contribution in [2.75, 3.05) is 18.0 Å². The van der Waals surface area contributed by atoms with Crippen LogP contribution in [0.25, 0.3) is 10.9 Å². The first-order chi connectivity index (χ1) is 10.2. The van der Waals surface area contributed by atoms with Gasteiger partial charge in [-0.1, -0.05) is 25.1 Å². The predicted molar refractivity (Wildman–Crippen MR) is 83.9 cm³/mol. The largest absolute Gasteiger partial charge is 0.477 e. The molecule has 3 rings (SSSR count). The smallest absolute Gasteiger partial charge is 0.354 e. The number of carboxylic acid groups (broad SMARTS) is 1. The van der Waals surface area contributed by atoms with Crippen molar-refractivity contribution in [2.45, 2.75) is 26.2 Å². The highest BCUT2D eigenvalue weighted by Gasteiger charge is 2.25. The number of aromatic carboxylic acids is 1. The van der Waals surface area contributed by atoms with E-state index in [9.17, 15) is 9.90 Å². The number of rotatable bonds is 6. The zero-order valence-corrected chi connectivity index (χ0v) is 12.2. The molecular formula is C17H20N2O2. The highest BCUT2D eigenvalue weighted by Crippen LogP contribution is 2.34. The molecule has 110 valence electrons. The molecule has 1 N–H and O–H groups in total. The number of pyridine rings is 1. The maximum Gasteiger partial charge on any atom is 0.354 e. The van der Waals surface area contributed by atoms with E-state index in [0.717, 1.165) is 42.0 Å². The summed E-state index contributed by atoms with van der Waals surface area (Å²) in [5, 5.41) is 10.3. The van der Waals surface area contributed by atoms with Crippen LogP contribution in [0.3, 0.4) is 0 Å². The van der Waals surface area contributed by atoms with Crippen LogP contribution in [0.2, 0.25) is 0 Å². The highest BCUT2D eigenvalue weighted by molar-refractivity contribution is 5.97. The second-order valence-corrected chi connectivity index (χ2v) is 5.74. The third kappa shape index (κ3) is 2.99. The second-order valence-electron chi connectivity index (χ2n) is 5.74. The average Bonchev–Trinajstić information content (AvgIpc) is 3.29. The van der Waals surface area contributed by atoms with Crippen molar-refractivity contribution in [3.8, 4) is 0 Å². The summed E-state index contributed by atoms with van der Waals surface area (Å²) in [5.74, 6) is -0.207. The molecule has 0 aliphatic heterocycles. The maximum absolute atomic E-state index is 11.3. The summed E-state index contributed by atoms with van der Waals surface area (Å²) in [4.78, 5) is 17.9. The van der Waals surface area contributed by atoms with Crippen LogP contribution < -0.4 is 4.90 Å². The number of aromatic nitrogens is 1. The lowest BCUT2D eigenvalue weighted by atomic mass is 10.1. The molecule has 4 heteroatoms. The Bertz CT molecular complexity index is 665. The first-order valence-corrected chi connectivity index (χ1v) is 7.57. The number of benzene rings is 1. The molecule has 1 saturated carbocycles. The molecule has 0 radical (unpaired) electrons. The second kappa shape index (κ2) is 5.72.